The van der Waals surface area contributed by atoms with E-state index in [1.54, 1.807) is 0 Å². The van der Waals surface area contributed by atoms with E-state index in [1.807, 2.05) is 36.4 Å². The number of hydrogen-bond donors (Lipinski definition) is 2. The lowest BCUT2D eigenvalue weighted by molar-refractivity contribution is -0.117. The second-order valence-corrected chi connectivity index (χ2v) is 6.42. The van der Waals surface area contributed by atoms with E-state index in [0.717, 1.165) is 40.1 Å². The van der Waals surface area contributed by atoms with Gasteiger partial charge in [-0.25, -0.2) is 9.97 Å². The molecule has 4 rings (SSSR count). The highest BCUT2D eigenvalue weighted by atomic mass is 32.1. The molecule has 1 aromatic carbocycles. The average molecular weight is 310 g/mol. The summed E-state index contributed by atoms with van der Waals surface area (Å²) in [6, 6.07) is 11.6. The van der Waals surface area contributed by atoms with Crippen LogP contribution in [0.25, 0.3) is 21.6 Å². The van der Waals surface area contributed by atoms with Crippen LogP contribution in [0.15, 0.2) is 36.4 Å². The van der Waals surface area contributed by atoms with Gasteiger partial charge < -0.3 is 11.1 Å². The van der Waals surface area contributed by atoms with Crippen LogP contribution in [-0.4, -0.2) is 15.9 Å². The molecule has 0 atom stereocenters. The van der Waals surface area contributed by atoms with Gasteiger partial charge in [-0.15, -0.1) is 0 Å². The Kier molecular flexibility index (Phi) is 3.04. The predicted molar refractivity (Wildman–Crippen MR) is 88.6 cm³/mol. The molecule has 1 aliphatic rings. The molecule has 1 saturated carbocycles. The highest BCUT2D eigenvalue weighted by Gasteiger charge is 2.29. The molecule has 22 heavy (non-hydrogen) atoms. The molecule has 6 heteroatoms. The van der Waals surface area contributed by atoms with Crippen molar-refractivity contribution in [3.05, 3.63) is 36.4 Å². The van der Waals surface area contributed by atoms with Crippen molar-refractivity contribution in [2.24, 2.45) is 5.92 Å². The number of aromatic nitrogens is 2. The van der Waals surface area contributed by atoms with Crippen molar-refractivity contribution in [1.29, 1.82) is 0 Å². The summed E-state index contributed by atoms with van der Waals surface area (Å²) in [5.41, 5.74) is 9.21. The fourth-order valence-corrected chi connectivity index (χ4v) is 3.01. The van der Waals surface area contributed by atoms with Crippen molar-refractivity contribution in [1.82, 2.24) is 9.97 Å². The Morgan fingerprint density at radius 2 is 1.91 bits per heavy atom. The van der Waals surface area contributed by atoms with Crippen LogP contribution in [0.3, 0.4) is 0 Å². The zero-order chi connectivity index (χ0) is 15.1. The number of carbonyl (C=O) groups is 1. The number of nitrogens with zero attached hydrogens (tertiary/aromatic N) is 2. The third kappa shape index (κ3) is 2.53. The molecule has 0 radical (unpaired) electrons. The van der Waals surface area contributed by atoms with Crippen LogP contribution in [-0.2, 0) is 4.79 Å². The second kappa shape index (κ2) is 5.06. The molecule has 1 amide bonds. The molecule has 0 bridgehead atoms. The summed E-state index contributed by atoms with van der Waals surface area (Å²) in [5, 5.41) is 3.46. The zero-order valence-electron chi connectivity index (χ0n) is 11.7. The van der Waals surface area contributed by atoms with Crippen LogP contribution in [0, 0.1) is 5.92 Å². The van der Waals surface area contributed by atoms with Crippen molar-refractivity contribution in [2.45, 2.75) is 12.8 Å². The molecule has 3 N–H and O–H groups in total. The van der Waals surface area contributed by atoms with Crippen LogP contribution >= 0.6 is 11.3 Å². The first-order valence-corrected chi connectivity index (χ1v) is 7.95. The number of thiazole rings is 1. The summed E-state index contributed by atoms with van der Waals surface area (Å²) < 4.78 is 0. The van der Waals surface area contributed by atoms with Crippen molar-refractivity contribution >= 4 is 38.4 Å². The Morgan fingerprint density at radius 1 is 1.14 bits per heavy atom. The minimum atomic E-state index is 0.118. The van der Waals surface area contributed by atoms with Gasteiger partial charge in [0.25, 0.3) is 0 Å². The van der Waals surface area contributed by atoms with Crippen molar-refractivity contribution in [2.75, 3.05) is 11.1 Å². The smallest absolute Gasteiger partial charge is 0.227 e. The number of nitrogens with two attached hydrogens (primary N) is 1. The van der Waals surface area contributed by atoms with E-state index in [-0.39, 0.29) is 11.8 Å². The number of nitrogen functional groups attached to an aromatic ring is 1. The van der Waals surface area contributed by atoms with Crippen LogP contribution in [0.4, 0.5) is 10.8 Å². The third-order valence-electron chi connectivity index (χ3n) is 3.67. The number of hydrogen-bond acceptors (Lipinski definition) is 5. The SMILES string of the molecule is Nc1nc2ccc(-c3ccc(NC(=O)C4CC4)cc3)nc2s1. The number of fused-ring (bicyclic) bond motifs is 1. The van der Waals surface area contributed by atoms with E-state index >= 15 is 0 Å². The van der Waals surface area contributed by atoms with Crippen LogP contribution in [0.2, 0.25) is 0 Å². The fraction of sp³-hybridized carbons (Fsp3) is 0.188. The van der Waals surface area contributed by atoms with Gasteiger partial charge in [0, 0.05) is 17.2 Å². The van der Waals surface area contributed by atoms with Crippen molar-refractivity contribution in [3.8, 4) is 11.3 Å². The van der Waals surface area contributed by atoms with Gasteiger partial charge in [-0.1, -0.05) is 23.5 Å². The highest BCUT2D eigenvalue weighted by Crippen LogP contribution is 2.31. The maximum absolute atomic E-state index is 11.7. The zero-order valence-corrected chi connectivity index (χ0v) is 12.6. The number of amides is 1. The number of rotatable bonds is 3. The summed E-state index contributed by atoms with van der Waals surface area (Å²) in [6.07, 6.45) is 2.01. The topological polar surface area (TPSA) is 80.9 Å². The molecule has 0 spiro atoms. The lowest BCUT2D eigenvalue weighted by atomic mass is 10.1. The number of anilines is 2. The first-order valence-electron chi connectivity index (χ1n) is 7.13. The number of nitrogens with one attached hydrogen (secondary N) is 1. The standard InChI is InChI=1S/C16H14N4OS/c17-16-20-13-8-7-12(19-15(13)22-16)9-3-5-11(6-4-9)18-14(21)10-1-2-10/h3-8,10H,1-2H2,(H2,17,20)(H,18,21). The molecule has 2 aromatic heterocycles. The number of benzene rings is 1. The van der Waals surface area contributed by atoms with E-state index in [1.165, 1.54) is 11.3 Å². The molecule has 110 valence electrons. The maximum Gasteiger partial charge on any atom is 0.227 e. The van der Waals surface area contributed by atoms with Gasteiger partial charge in [0.05, 0.1) is 5.69 Å². The summed E-state index contributed by atoms with van der Waals surface area (Å²) in [6.45, 7) is 0. The van der Waals surface area contributed by atoms with Gasteiger partial charge in [-0.2, -0.15) is 0 Å². The van der Waals surface area contributed by atoms with E-state index < -0.39 is 0 Å². The summed E-state index contributed by atoms with van der Waals surface area (Å²) in [5.74, 6) is 0.327. The molecule has 0 saturated heterocycles. The Balaban J connectivity index is 1.59. The molecule has 2 heterocycles. The third-order valence-corrected chi connectivity index (χ3v) is 4.46. The van der Waals surface area contributed by atoms with E-state index in [4.69, 9.17) is 5.73 Å². The van der Waals surface area contributed by atoms with Crippen molar-refractivity contribution in [3.63, 3.8) is 0 Å². The molecular formula is C16H14N4OS. The van der Waals surface area contributed by atoms with Crippen LogP contribution in [0.1, 0.15) is 12.8 Å². The highest BCUT2D eigenvalue weighted by molar-refractivity contribution is 7.21. The lowest BCUT2D eigenvalue weighted by Gasteiger charge is -2.05. The Morgan fingerprint density at radius 3 is 2.64 bits per heavy atom. The number of pyridine rings is 1. The molecule has 5 nitrogen and oxygen atoms in total. The minimum Gasteiger partial charge on any atom is -0.375 e. The fourth-order valence-electron chi connectivity index (χ4n) is 2.31. The van der Waals surface area contributed by atoms with E-state index in [2.05, 4.69) is 15.3 Å². The lowest BCUT2D eigenvalue weighted by Crippen LogP contribution is -2.12. The second-order valence-electron chi connectivity index (χ2n) is 5.41. The molecule has 3 aromatic rings. The normalized spacial score (nSPS) is 14.2. The Hall–Kier alpha value is -2.47. The largest absolute Gasteiger partial charge is 0.375 e. The Bertz CT molecular complexity index is 852. The molecule has 1 fully saturated rings. The van der Waals surface area contributed by atoms with Gasteiger partial charge in [-0.3, -0.25) is 4.79 Å². The van der Waals surface area contributed by atoms with Gasteiger partial charge in [0.1, 0.15) is 10.3 Å². The van der Waals surface area contributed by atoms with Crippen LogP contribution in [0.5, 0.6) is 0 Å². The minimum absolute atomic E-state index is 0.118. The van der Waals surface area contributed by atoms with E-state index in [9.17, 15) is 4.79 Å². The summed E-state index contributed by atoms with van der Waals surface area (Å²) in [7, 11) is 0. The van der Waals surface area contributed by atoms with Gasteiger partial charge in [0.2, 0.25) is 5.91 Å². The maximum atomic E-state index is 11.7. The monoisotopic (exact) mass is 310 g/mol. The Labute approximate surface area is 131 Å². The first kappa shape index (κ1) is 13.2. The summed E-state index contributed by atoms with van der Waals surface area (Å²) >= 11 is 1.38. The predicted octanol–water partition coefficient (Wildman–Crippen LogP) is 3.29. The van der Waals surface area contributed by atoms with Crippen LogP contribution < -0.4 is 11.1 Å². The quantitative estimate of drug-likeness (QED) is 0.778. The molecule has 0 unspecified atom stereocenters. The van der Waals surface area contributed by atoms with Gasteiger partial charge >= 0.3 is 0 Å². The molecular weight excluding hydrogens is 296 g/mol. The summed E-state index contributed by atoms with van der Waals surface area (Å²) in [4.78, 5) is 21.4. The van der Waals surface area contributed by atoms with Crippen molar-refractivity contribution < 1.29 is 4.79 Å². The number of carbonyl (C=O) groups excluding carboxylic acids is 1. The first-order chi connectivity index (χ1) is 10.7. The van der Waals surface area contributed by atoms with Gasteiger partial charge in [0.15, 0.2) is 5.13 Å². The molecule has 0 aliphatic heterocycles. The average Bonchev–Trinajstić information content (AvgIpc) is 3.29. The van der Waals surface area contributed by atoms with Gasteiger partial charge in [-0.05, 0) is 37.1 Å². The van der Waals surface area contributed by atoms with E-state index in [0.29, 0.717) is 5.13 Å². The molecule has 1 aliphatic carbocycles.